The van der Waals surface area contributed by atoms with E-state index in [9.17, 15) is 15.0 Å². The summed E-state index contributed by atoms with van der Waals surface area (Å²) in [5.74, 6) is 0.881. The lowest BCUT2D eigenvalue weighted by Crippen LogP contribution is -2.34. The topological polar surface area (TPSA) is 60.8 Å². The Hall–Kier alpha value is -2.01. The molecule has 1 unspecified atom stereocenters. The molecule has 0 radical (unpaired) electrons. The van der Waals surface area contributed by atoms with Crippen molar-refractivity contribution in [2.45, 2.75) is 52.9 Å². The number of hydrogen-bond donors (Lipinski definition) is 2. The Morgan fingerprint density at radius 1 is 0.966 bits per heavy atom. The van der Waals surface area contributed by atoms with Crippen molar-refractivity contribution in [3.8, 4) is 0 Å². The molecule has 1 heterocycles. The van der Waals surface area contributed by atoms with Crippen LogP contribution in [-0.2, 0) is 26.2 Å². The van der Waals surface area contributed by atoms with E-state index < -0.39 is 0 Å². The number of aliphatic hydroxyl groups is 2. The van der Waals surface area contributed by atoms with Gasteiger partial charge in [0.05, 0.1) is 13.2 Å². The molecular formula is C25H33NO3. The summed E-state index contributed by atoms with van der Waals surface area (Å²) in [4.78, 5) is 15.4. The summed E-state index contributed by atoms with van der Waals surface area (Å²) in [6.45, 7) is 2.96. The van der Waals surface area contributed by atoms with Crippen LogP contribution in [-0.4, -0.2) is 34.0 Å². The molecule has 1 fully saturated rings. The van der Waals surface area contributed by atoms with Crippen LogP contribution in [0.1, 0.15) is 59.3 Å². The molecule has 0 saturated carbocycles. The summed E-state index contributed by atoms with van der Waals surface area (Å²) in [5, 5.41) is 19.0. The molecule has 2 aliphatic rings. The smallest absolute Gasteiger partial charge is 0.166 e. The minimum Gasteiger partial charge on any atom is -0.392 e. The highest BCUT2D eigenvalue weighted by molar-refractivity contribution is 6.02. The zero-order chi connectivity index (χ0) is 19.5. The Kier molecular flexibility index (Phi) is 7.23. The predicted molar refractivity (Wildman–Crippen MR) is 116 cm³/mol. The highest BCUT2D eigenvalue weighted by atomic mass is 16.3. The second-order valence-corrected chi connectivity index (χ2v) is 8.30. The lowest BCUT2D eigenvalue weighted by Gasteiger charge is -2.33. The summed E-state index contributed by atoms with van der Waals surface area (Å²) < 4.78 is 0. The minimum absolute atomic E-state index is 0. The average Bonchev–Trinajstić information content (AvgIpc) is 3.03. The van der Waals surface area contributed by atoms with Gasteiger partial charge in [0.15, 0.2) is 5.78 Å². The zero-order valence-corrected chi connectivity index (χ0v) is 16.3. The lowest BCUT2D eigenvalue weighted by molar-refractivity contribution is 0.0895. The molecule has 4 rings (SSSR count). The first-order chi connectivity index (χ1) is 13.7. The van der Waals surface area contributed by atoms with Crippen LogP contribution in [0.5, 0.6) is 0 Å². The van der Waals surface area contributed by atoms with Crippen LogP contribution in [0.2, 0.25) is 0 Å². The molecule has 0 spiro atoms. The molecule has 29 heavy (non-hydrogen) atoms. The van der Waals surface area contributed by atoms with Gasteiger partial charge in [-0.15, -0.1) is 0 Å². The molecule has 1 saturated heterocycles. The van der Waals surface area contributed by atoms with E-state index in [1.807, 2.05) is 6.07 Å². The Labute approximate surface area is 174 Å². The van der Waals surface area contributed by atoms with E-state index in [4.69, 9.17) is 0 Å². The van der Waals surface area contributed by atoms with Crippen molar-refractivity contribution in [2.75, 3.05) is 13.1 Å². The quantitative estimate of drug-likeness (QED) is 0.777. The molecule has 0 aromatic heterocycles. The van der Waals surface area contributed by atoms with Crippen molar-refractivity contribution < 1.29 is 15.0 Å². The molecule has 156 valence electrons. The first kappa shape index (κ1) is 21.7. The van der Waals surface area contributed by atoms with E-state index in [0.717, 1.165) is 62.0 Å². The van der Waals surface area contributed by atoms with Gasteiger partial charge < -0.3 is 10.2 Å². The average molecular weight is 396 g/mol. The van der Waals surface area contributed by atoms with Gasteiger partial charge in [0.2, 0.25) is 0 Å². The molecule has 4 nitrogen and oxygen atoms in total. The van der Waals surface area contributed by atoms with Gasteiger partial charge >= 0.3 is 0 Å². The second-order valence-electron chi connectivity index (χ2n) is 8.30. The van der Waals surface area contributed by atoms with Crippen molar-refractivity contribution >= 4 is 5.78 Å². The van der Waals surface area contributed by atoms with Gasteiger partial charge in [-0.05, 0) is 73.0 Å². The Bertz CT molecular complexity index is 825. The Balaban J connectivity index is 0.00000240. The molecule has 4 heteroatoms. The summed E-state index contributed by atoms with van der Waals surface area (Å²) in [7, 11) is 0. The van der Waals surface area contributed by atoms with E-state index in [-0.39, 0.29) is 32.3 Å². The number of fused-ring (bicyclic) bond motifs is 1. The van der Waals surface area contributed by atoms with Crippen molar-refractivity contribution in [1.29, 1.82) is 0 Å². The first-order valence-corrected chi connectivity index (χ1v) is 10.3. The van der Waals surface area contributed by atoms with Gasteiger partial charge in [0.25, 0.3) is 0 Å². The lowest BCUT2D eigenvalue weighted by atomic mass is 9.85. The number of likely N-dealkylation sites (tertiary alicyclic amines) is 1. The van der Waals surface area contributed by atoms with Crippen molar-refractivity contribution in [3.05, 3.63) is 70.3 Å². The van der Waals surface area contributed by atoms with E-state index >= 15 is 0 Å². The molecule has 2 aromatic carbocycles. The third kappa shape index (κ3) is 4.77. The molecule has 2 aromatic rings. The van der Waals surface area contributed by atoms with Crippen LogP contribution in [0.4, 0.5) is 0 Å². The monoisotopic (exact) mass is 395 g/mol. The minimum atomic E-state index is -0.138. The molecule has 0 bridgehead atoms. The summed E-state index contributed by atoms with van der Waals surface area (Å²) in [5.41, 5.74) is 4.57. The number of hydrogen-bond acceptors (Lipinski definition) is 4. The van der Waals surface area contributed by atoms with Crippen LogP contribution in [0.15, 0.2) is 42.5 Å². The number of carbonyl (C=O) groups excluding carboxylic acids is 1. The summed E-state index contributed by atoms with van der Waals surface area (Å²) in [6, 6.07) is 14.3. The number of piperidine rings is 1. The van der Waals surface area contributed by atoms with Gasteiger partial charge in [-0.1, -0.05) is 43.8 Å². The molecule has 0 amide bonds. The third-order valence-corrected chi connectivity index (χ3v) is 6.44. The van der Waals surface area contributed by atoms with Gasteiger partial charge in [-0.25, -0.2) is 0 Å². The number of nitrogens with zero attached hydrogens (tertiary/aromatic N) is 1. The van der Waals surface area contributed by atoms with Crippen LogP contribution in [0.3, 0.4) is 0 Å². The van der Waals surface area contributed by atoms with Crippen LogP contribution < -0.4 is 0 Å². The summed E-state index contributed by atoms with van der Waals surface area (Å²) >= 11 is 0. The predicted octanol–water partition coefficient (Wildman–Crippen LogP) is 3.96. The fraction of sp³-hybridized carbons (Fsp3) is 0.480. The maximum absolute atomic E-state index is 12.9. The Morgan fingerprint density at radius 3 is 2.28 bits per heavy atom. The fourth-order valence-electron chi connectivity index (χ4n) is 4.83. The van der Waals surface area contributed by atoms with Crippen LogP contribution in [0, 0.1) is 11.8 Å². The normalized spacial score (nSPS) is 19.8. The maximum Gasteiger partial charge on any atom is 0.166 e. The SMILES string of the molecule is C.O=C1c2cc(CO)c(CO)cc2CC1CC1CCN(Cc2ccccc2)CC1. The third-order valence-electron chi connectivity index (χ3n) is 6.44. The number of ketones is 1. The second kappa shape index (κ2) is 9.66. The molecule has 1 aliphatic heterocycles. The molecule has 2 N–H and O–H groups in total. The van der Waals surface area contributed by atoms with Gasteiger partial charge in [0.1, 0.15) is 0 Å². The van der Waals surface area contributed by atoms with Crippen LogP contribution in [0.25, 0.3) is 0 Å². The summed E-state index contributed by atoms with van der Waals surface area (Å²) in [6.07, 6.45) is 4.03. The van der Waals surface area contributed by atoms with E-state index in [0.29, 0.717) is 11.5 Å². The zero-order valence-electron chi connectivity index (χ0n) is 16.3. The molecule has 1 atom stereocenters. The number of rotatable bonds is 6. The number of benzene rings is 2. The number of carbonyl (C=O) groups is 1. The fourth-order valence-corrected chi connectivity index (χ4v) is 4.83. The standard InChI is InChI=1S/C24H29NO3.CH4/c26-15-21-12-19-11-20(24(28)23(19)13-22(21)16-27)10-17-6-8-25(9-7-17)14-18-4-2-1-3-5-18;/h1-5,12-13,17,20,26-27H,6-11,14-16H2;1H4. The number of Topliss-reactive ketones (excluding diaryl/α,β-unsaturated/α-hetero) is 1. The molecule has 1 aliphatic carbocycles. The number of aliphatic hydroxyl groups excluding tert-OH is 2. The highest BCUT2D eigenvalue weighted by Crippen LogP contribution is 2.35. The van der Waals surface area contributed by atoms with E-state index in [1.165, 1.54) is 5.56 Å². The van der Waals surface area contributed by atoms with Gasteiger partial charge in [-0.2, -0.15) is 0 Å². The first-order valence-electron chi connectivity index (χ1n) is 10.3. The van der Waals surface area contributed by atoms with Crippen molar-refractivity contribution in [2.24, 2.45) is 11.8 Å². The highest BCUT2D eigenvalue weighted by Gasteiger charge is 2.34. The van der Waals surface area contributed by atoms with E-state index in [2.05, 4.69) is 35.2 Å². The van der Waals surface area contributed by atoms with Crippen LogP contribution >= 0.6 is 0 Å². The Morgan fingerprint density at radius 2 is 1.62 bits per heavy atom. The van der Waals surface area contributed by atoms with E-state index in [1.54, 1.807) is 6.07 Å². The van der Waals surface area contributed by atoms with Crippen molar-refractivity contribution in [1.82, 2.24) is 4.90 Å². The maximum atomic E-state index is 12.9. The van der Waals surface area contributed by atoms with Gasteiger partial charge in [-0.3, -0.25) is 9.69 Å². The van der Waals surface area contributed by atoms with Gasteiger partial charge in [0, 0.05) is 18.0 Å². The molecular weight excluding hydrogens is 362 g/mol. The van der Waals surface area contributed by atoms with Crippen molar-refractivity contribution in [3.63, 3.8) is 0 Å². The largest absolute Gasteiger partial charge is 0.392 e.